The molecule has 0 saturated heterocycles. The summed E-state index contributed by atoms with van der Waals surface area (Å²) in [4.78, 5) is 49.6. The molecule has 0 saturated carbocycles. The van der Waals surface area contributed by atoms with Crippen LogP contribution in [-0.4, -0.2) is 95.7 Å². The van der Waals surface area contributed by atoms with Gasteiger partial charge in [-0.2, -0.15) is 5.26 Å². The van der Waals surface area contributed by atoms with Crippen molar-refractivity contribution in [3.8, 4) is 40.7 Å². The van der Waals surface area contributed by atoms with Gasteiger partial charge in [-0.25, -0.2) is 4.98 Å². The van der Waals surface area contributed by atoms with E-state index < -0.39 is 36.0 Å². The standard InChI is InChI=1S/C35H37N3O4.2C33H37N3O4/c1-25-8-5-10-27(18-25)23-41-33-14-4-3-12-30(33)21-38(17-16-32(37)35(39)40)22-31-29(20-36)13-7-15-34(31)42-24-28-11-6-9-26(2)19-28;1-24-8-5-10-26(18-24)22-39-31-14-4-3-12-28(31)20-36(17-15-30(34)33(37)38)21-29-13-7-16-35-32(29)40-23-27-11-6-9-25(2)19-27;1-24-7-5-9-26(17-24)22-39-31-12-4-3-11-28(31)20-36(16-14-30(34)33(37)38)21-29-13-15-35-19-32(29)40-23-27-10-6-8-25(2)18-27/h3-15,18-19,32H,16-17,21-24,37H2,1-2H3,(H,39,40);3-14,16,18-19,30H,15,17,20-23,34H2,1-2H3,(H,37,38);3-13,15,17-19,30H,14,16,20-23,34H2,1-2H3,(H,37,38)/t32-;2*30-/m000/s1. The SMILES string of the molecule is Cc1cccc(COc2ccccc2CN(CC[C@H](N)C(=O)O)Cc2c(C#N)cccc2OCc2cccc(C)c2)c1.Cc1cccc(COc2ccccc2CN(CC[C@H](N)C(=O)O)Cc2cccnc2OCc2cccc(C)c2)c1.Cc1cccc(COc2ccccc2CN(CC[C@H](N)C(=O)O)Cc2ccncc2OCc2cccc(C)c2)c1. The number of nitriles is 1. The number of benzene rings is 10. The molecule has 3 atom stereocenters. The van der Waals surface area contributed by atoms with Crippen LogP contribution in [0.2, 0.25) is 0 Å². The van der Waals surface area contributed by atoms with E-state index >= 15 is 0 Å². The molecule has 0 aliphatic carbocycles. The number of para-hydroxylation sites is 3. The summed E-state index contributed by atoms with van der Waals surface area (Å²) in [6.45, 7) is 19.2. The zero-order valence-electron chi connectivity index (χ0n) is 70.4. The molecule has 0 radical (unpaired) electrons. The molecule has 0 aliphatic heterocycles. The highest BCUT2D eigenvalue weighted by Crippen LogP contribution is 2.32. The van der Waals surface area contributed by atoms with E-state index in [1.165, 1.54) is 27.8 Å². The van der Waals surface area contributed by atoms with E-state index in [2.05, 4.69) is 144 Å². The molecule has 12 rings (SSSR count). The Hall–Kier alpha value is -13.0. The van der Waals surface area contributed by atoms with Crippen molar-refractivity contribution >= 4 is 17.9 Å². The van der Waals surface area contributed by atoms with Gasteiger partial charge in [0.1, 0.15) is 86.5 Å². The molecule has 10 aromatic carbocycles. The van der Waals surface area contributed by atoms with Crippen LogP contribution in [0.15, 0.2) is 273 Å². The summed E-state index contributed by atoms with van der Waals surface area (Å²) in [6, 6.07) is 83.6. The number of nitrogens with two attached hydrogens (primary N) is 3. The largest absolute Gasteiger partial charge is 0.489 e. The van der Waals surface area contributed by atoms with Crippen molar-refractivity contribution in [2.24, 2.45) is 17.2 Å². The molecule has 0 bridgehead atoms. The fourth-order valence-corrected chi connectivity index (χ4v) is 13.8. The first kappa shape index (κ1) is 91.3. The third-order valence-corrected chi connectivity index (χ3v) is 20.3. The first-order valence-electron chi connectivity index (χ1n) is 40.9. The van der Waals surface area contributed by atoms with Gasteiger partial charge >= 0.3 is 17.9 Å². The number of hydrogen-bond acceptors (Lipinski definition) is 18. The first-order chi connectivity index (χ1) is 59.1. The lowest BCUT2D eigenvalue weighted by Crippen LogP contribution is -2.35. The van der Waals surface area contributed by atoms with Crippen molar-refractivity contribution in [2.45, 2.75) is 158 Å². The number of nitrogens with zero attached hydrogens (tertiary/aromatic N) is 6. The molecule has 122 heavy (non-hydrogen) atoms. The van der Waals surface area contributed by atoms with Gasteiger partial charge in [0.15, 0.2) is 0 Å². The number of carboxylic acid groups (broad SMARTS) is 3. The number of aliphatic carboxylic acids is 3. The zero-order chi connectivity index (χ0) is 86.5. The average Bonchev–Trinajstić information content (AvgIpc) is 0.830. The van der Waals surface area contributed by atoms with Crippen LogP contribution in [-0.2, 0) is 93.3 Å². The molecule has 21 nitrogen and oxygen atoms in total. The number of rotatable bonds is 42. The molecule has 632 valence electrons. The van der Waals surface area contributed by atoms with Gasteiger partial charge in [0.05, 0.1) is 17.8 Å². The Kier molecular flexibility index (Phi) is 35.7. The van der Waals surface area contributed by atoms with Crippen molar-refractivity contribution in [3.05, 3.63) is 379 Å². The second kappa shape index (κ2) is 47.7. The highest BCUT2D eigenvalue weighted by molar-refractivity contribution is 5.74. The Morgan fingerprint density at radius 2 is 0.639 bits per heavy atom. The second-order valence-electron chi connectivity index (χ2n) is 30.7. The van der Waals surface area contributed by atoms with Crippen LogP contribution >= 0.6 is 0 Å². The number of hydrogen-bond donors (Lipinski definition) is 6. The summed E-state index contributed by atoms with van der Waals surface area (Å²) in [5, 5.41) is 38.1. The fraction of sp³-hybridized carbons (Fsp3) is 0.267. The predicted octanol–water partition coefficient (Wildman–Crippen LogP) is 17.5. The van der Waals surface area contributed by atoms with Crippen LogP contribution in [0, 0.1) is 52.9 Å². The maximum atomic E-state index is 11.5. The zero-order valence-corrected chi connectivity index (χ0v) is 70.4. The summed E-state index contributed by atoms with van der Waals surface area (Å²) in [7, 11) is 0. The van der Waals surface area contributed by atoms with Gasteiger partial charge < -0.3 is 60.9 Å². The first-order valence-corrected chi connectivity index (χ1v) is 40.9. The monoisotopic (exact) mass is 1640 g/mol. The number of pyridine rings is 2. The van der Waals surface area contributed by atoms with Gasteiger partial charge in [-0.1, -0.05) is 246 Å². The maximum Gasteiger partial charge on any atom is 0.320 e. The molecule has 2 aromatic heterocycles. The van der Waals surface area contributed by atoms with Crippen LogP contribution < -0.4 is 45.6 Å². The Balaban J connectivity index is 0.000000192. The number of aromatic nitrogens is 2. The molecular formula is C101H111N9O12. The summed E-state index contributed by atoms with van der Waals surface area (Å²) >= 11 is 0. The lowest BCUT2D eigenvalue weighted by molar-refractivity contribution is -0.139. The van der Waals surface area contributed by atoms with E-state index in [9.17, 15) is 35.0 Å². The smallest absolute Gasteiger partial charge is 0.320 e. The third kappa shape index (κ3) is 30.3. The van der Waals surface area contributed by atoms with Crippen molar-refractivity contribution in [1.82, 2.24) is 24.7 Å². The van der Waals surface area contributed by atoms with Gasteiger partial charge in [-0.05, 0) is 137 Å². The molecule has 12 aromatic rings. The number of aryl methyl sites for hydroxylation is 6. The number of carboxylic acids is 3. The van der Waals surface area contributed by atoms with E-state index in [1.54, 1.807) is 24.7 Å². The third-order valence-electron chi connectivity index (χ3n) is 20.3. The lowest BCUT2D eigenvalue weighted by Gasteiger charge is -2.26. The predicted molar refractivity (Wildman–Crippen MR) is 475 cm³/mol. The molecule has 9 N–H and O–H groups in total. The number of carbonyl (C=O) groups is 3. The Labute approximate surface area is 716 Å². The summed E-state index contributed by atoms with van der Waals surface area (Å²) < 4.78 is 37.3. The molecule has 0 spiro atoms. The van der Waals surface area contributed by atoms with E-state index in [1.807, 2.05) is 177 Å². The van der Waals surface area contributed by atoms with Crippen molar-refractivity contribution in [1.29, 1.82) is 5.26 Å². The molecule has 0 fully saturated rings. The minimum absolute atomic E-state index is 0.246. The summed E-state index contributed by atoms with van der Waals surface area (Å²) in [6.07, 6.45) is 6.05. The number of ether oxygens (including phenoxy) is 6. The van der Waals surface area contributed by atoms with Crippen LogP contribution in [0.1, 0.15) is 125 Å². The second-order valence-corrected chi connectivity index (χ2v) is 30.7. The summed E-state index contributed by atoms with van der Waals surface area (Å²) in [5.74, 6) is 1.14. The average molecular weight is 1640 g/mol. The molecule has 0 unspecified atom stereocenters. The molecule has 2 heterocycles. The van der Waals surface area contributed by atoms with Gasteiger partial charge in [0, 0.05) is 105 Å². The molecule has 0 amide bonds. The molecule has 0 aliphatic rings. The van der Waals surface area contributed by atoms with E-state index in [-0.39, 0.29) is 6.42 Å². The van der Waals surface area contributed by atoms with Crippen molar-refractivity contribution < 1.29 is 58.1 Å². The van der Waals surface area contributed by atoms with Gasteiger partial charge in [0.2, 0.25) is 5.88 Å². The van der Waals surface area contributed by atoms with E-state index in [4.69, 9.17) is 45.6 Å². The van der Waals surface area contributed by atoms with Crippen LogP contribution in [0.5, 0.6) is 34.6 Å². The van der Waals surface area contributed by atoms with Crippen molar-refractivity contribution in [3.63, 3.8) is 0 Å². The summed E-state index contributed by atoms with van der Waals surface area (Å²) in [5.41, 5.74) is 37.2. The molecular weight excluding hydrogens is 1530 g/mol. The Bertz CT molecular complexity index is 5000. The van der Waals surface area contributed by atoms with E-state index in [0.29, 0.717) is 134 Å². The van der Waals surface area contributed by atoms with Gasteiger partial charge in [-0.15, -0.1) is 0 Å². The highest BCUT2D eigenvalue weighted by atomic mass is 16.5. The fourth-order valence-electron chi connectivity index (χ4n) is 13.8. The minimum Gasteiger partial charge on any atom is -0.489 e. The Morgan fingerprint density at radius 1 is 0.344 bits per heavy atom. The van der Waals surface area contributed by atoms with Crippen LogP contribution in [0.3, 0.4) is 0 Å². The minimum atomic E-state index is -1.04. The normalized spacial score (nSPS) is 11.7. The highest BCUT2D eigenvalue weighted by Gasteiger charge is 2.24. The van der Waals surface area contributed by atoms with Crippen LogP contribution in [0.25, 0.3) is 0 Å². The van der Waals surface area contributed by atoms with Gasteiger partial charge in [0.25, 0.3) is 0 Å². The topological polar surface area (TPSA) is 305 Å². The maximum absolute atomic E-state index is 11.5. The van der Waals surface area contributed by atoms with Crippen LogP contribution in [0.4, 0.5) is 0 Å². The Morgan fingerprint density at radius 3 is 0.992 bits per heavy atom. The van der Waals surface area contributed by atoms with E-state index in [0.717, 1.165) is 89.6 Å². The van der Waals surface area contributed by atoms with Gasteiger partial charge in [-0.3, -0.25) is 34.1 Å². The lowest BCUT2D eigenvalue weighted by atomic mass is 10.0. The van der Waals surface area contributed by atoms with Crippen molar-refractivity contribution in [2.75, 3.05) is 19.6 Å². The molecule has 21 heteroatoms. The quantitative estimate of drug-likeness (QED) is 0.0207.